The summed E-state index contributed by atoms with van der Waals surface area (Å²) in [6.45, 7) is 0.229. The largest absolute Gasteiger partial charge is 0.493 e. The molecule has 1 aromatic carbocycles. The van der Waals surface area contributed by atoms with Gasteiger partial charge in [0.2, 0.25) is 0 Å². The first kappa shape index (κ1) is 18.5. The molecular formula is C17H20N2O6. The van der Waals surface area contributed by atoms with Crippen LogP contribution in [0.3, 0.4) is 0 Å². The number of benzene rings is 1. The van der Waals surface area contributed by atoms with E-state index in [1.54, 1.807) is 12.1 Å². The molecule has 0 bridgehead atoms. The molecule has 0 spiro atoms. The summed E-state index contributed by atoms with van der Waals surface area (Å²) in [7, 11) is 2.88. The molecule has 0 radical (unpaired) electrons. The highest BCUT2D eigenvalue weighted by molar-refractivity contribution is 5.81. The Balaban J connectivity index is 2.00. The first-order valence-electron chi connectivity index (χ1n) is 7.67. The number of amides is 1. The van der Waals surface area contributed by atoms with Gasteiger partial charge in [0.1, 0.15) is 5.41 Å². The van der Waals surface area contributed by atoms with Gasteiger partial charge in [0, 0.05) is 26.3 Å². The van der Waals surface area contributed by atoms with E-state index >= 15 is 0 Å². The van der Waals surface area contributed by atoms with Gasteiger partial charge in [-0.1, -0.05) is 0 Å². The molecule has 0 aromatic heterocycles. The van der Waals surface area contributed by atoms with Crippen LogP contribution in [0.2, 0.25) is 0 Å². The fourth-order valence-electron chi connectivity index (χ4n) is 2.80. The Morgan fingerprint density at radius 3 is 2.72 bits per heavy atom. The quantitative estimate of drug-likeness (QED) is 0.779. The number of ether oxygens (including phenoxy) is 3. The van der Waals surface area contributed by atoms with Crippen LogP contribution in [0.1, 0.15) is 12.0 Å². The summed E-state index contributed by atoms with van der Waals surface area (Å²) in [4.78, 5) is 25.3. The number of nitriles is 1. The van der Waals surface area contributed by atoms with Gasteiger partial charge in [0.05, 0.1) is 25.3 Å². The molecule has 0 aliphatic carbocycles. The third-order valence-corrected chi connectivity index (χ3v) is 4.22. The van der Waals surface area contributed by atoms with Crippen molar-refractivity contribution in [1.82, 2.24) is 4.90 Å². The van der Waals surface area contributed by atoms with Crippen molar-refractivity contribution in [3.8, 4) is 17.6 Å². The third kappa shape index (κ3) is 4.00. The van der Waals surface area contributed by atoms with Crippen LogP contribution < -0.4 is 9.47 Å². The minimum atomic E-state index is -1.07. The lowest BCUT2D eigenvalue weighted by Gasteiger charge is -2.23. The van der Waals surface area contributed by atoms with Crippen molar-refractivity contribution in [3.63, 3.8) is 0 Å². The maximum atomic E-state index is 12.3. The topological polar surface area (TPSA) is 109 Å². The molecular weight excluding hydrogens is 328 g/mol. The average molecular weight is 348 g/mol. The summed E-state index contributed by atoms with van der Waals surface area (Å²) in [6.07, 6.45) is 0.335. The van der Waals surface area contributed by atoms with Crippen LogP contribution in [-0.4, -0.2) is 62.4 Å². The van der Waals surface area contributed by atoms with Crippen LogP contribution in [0.15, 0.2) is 18.2 Å². The average Bonchev–Trinajstić information content (AvgIpc) is 3.05. The second-order valence-corrected chi connectivity index (χ2v) is 5.85. The van der Waals surface area contributed by atoms with Gasteiger partial charge in [-0.2, -0.15) is 5.26 Å². The van der Waals surface area contributed by atoms with E-state index in [-0.39, 0.29) is 25.7 Å². The predicted molar refractivity (Wildman–Crippen MR) is 86.3 cm³/mol. The second-order valence-electron chi connectivity index (χ2n) is 5.85. The van der Waals surface area contributed by atoms with Crippen LogP contribution in [0.4, 0.5) is 0 Å². The fraction of sp³-hybridized carbons (Fsp3) is 0.471. The molecule has 1 unspecified atom stereocenters. The van der Waals surface area contributed by atoms with Gasteiger partial charge in [-0.3, -0.25) is 9.59 Å². The number of likely N-dealkylation sites (tertiary alicyclic amines) is 1. The van der Waals surface area contributed by atoms with Crippen molar-refractivity contribution in [2.75, 3.05) is 40.5 Å². The van der Waals surface area contributed by atoms with Crippen molar-refractivity contribution in [1.29, 1.82) is 5.26 Å². The maximum absolute atomic E-state index is 12.3. The van der Waals surface area contributed by atoms with Crippen molar-refractivity contribution in [3.05, 3.63) is 23.8 Å². The number of carbonyl (C=O) groups is 2. The molecule has 134 valence electrons. The zero-order chi connectivity index (χ0) is 18.4. The van der Waals surface area contributed by atoms with Gasteiger partial charge in [-0.15, -0.1) is 0 Å². The monoisotopic (exact) mass is 348 g/mol. The molecule has 1 heterocycles. The zero-order valence-corrected chi connectivity index (χ0v) is 14.2. The Bertz CT molecular complexity index is 699. The molecule has 2 rings (SSSR count). The number of methoxy groups -OCH3 is 2. The number of hydrogen-bond acceptors (Lipinski definition) is 6. The Morgan fingerprint density at radius 1 is 1.36 bits per heavy atom. The SMILES string of the molecule is COCC1(C(=O)O)CCN(C(=O)COc2ccc(C#N)cc2OC)C1. The van der Waals surface area contributed by atoms with E-state index in [1.807, 2.05) is 6.07 Å². The van der Waals surface area contributed by atoms with E-state index in [0.29, 0.717) is 30.0 Å². The summed E-state index contributed by atoms with van der Waals surface area (Å²) in [5.74, 6) is -0.590. The molecule has 8 nitrogen and oxygen atoms in total. The standard InChI is InChI=1S/C17H20N2O6/c1-23-11-17(16(21)22)5-6-19(10-17)15(20)9-25-13-4-3-12(8-18)7-14(13)24-2/h3-4,7H,5-6,9-11H2,1-2H3,(H,21,22). The fourth-order valence-corrected chi connectivity index (χ4v) is 2.80. The van der Waals surface area contributed by atoms with Crippen LogP contribution in [0.5, 0.6) is 11.5 Å². The molecule has 1 N–H and O–H groups in total. The van der Waals surface area contributed by atoms with Gasteiger partial charge >= 0.3 is 5.97 Å². The highest BCUT2D eigenvalue weighted by Gasteiger charge is 2.46. The Kier molecular flexibility index (Phi) is 5.83. The zero-order valence-electron chi connectivity index (χ0n) is 14.2. The molecule has 0 saturated carbocycles. The van der Waals surface area contributed by atoms with Crippen LogP contribution in [0, 0.1) is 16.7 Å². The normalized spacial score (nSPS) is 19.3. The maximum Gasteiger partial charge on any atom is 0.313 e. The van der Waals surface area contributed by atoms with E-state index < -0.39 is 11.4 Å². The van der Waals surface area contributed by atoms with Crippen molar-refractivity contribution < 1.29 is 28.9 Å². The smallest absolute Gasteiger partial charge is 0.313 e. The number of rotatable bonds is 7. The summed E-state index contributed by atoms with van der Waals surface area (Å²) in [5.41, 5.74) is -0.655. The van der Waals surface area contributed by atoms with Crippen molar-refractivity contribution in [2.24, 2.45) is 5.41 Å². The number of aliphatic carboxylic acids is 1. The Hall–Kier alpha value is -2.79. The minimum absolute atomic E-state index is 0.0520. The summed E-state index contributed by atoms with van der Waals surface area (Å²) in [6, 6.07) is 6.63. The molecule has 8 heteroatoms. The van der Waals surface area contributed by atoms with Gasteiger partial charge in [0.25, 0.3) is 5.91 Å². The summed E-state index contributed by atoms with van der Waals surface area (Å²) in [5, 5.41) is 18.3. The number of carboxylic acids is 1. The lowest BCUT2D eigenvalue weighted by molar-refractivity contribution is -0.151. The van der Waals surface area contributed by atoms with E-state index in [2.05, 4.69) is 0 Å². The van der Waals surface area contributed by atoms with E-state index in [0.717, 1.165) is 0 Å². The first-order valence-corrected chi connectivity index (χ1v) is 7.67. The van der Waals surface area contributed by atoms with Crippen LogP contribution in [0.25, 0.3) is 0 Å². The molecule has 1 fully saturated rings. The van der Waals surface area contributed by atoms with Gasteiger partial charge in [0.15, 0.2) is 18.1 Å². The summed E-state index contributed by atoms with van der Waals surface area (Å²) >= 11 is 0. The molecule has 25 heavy (non-hydrogen) atoms. The summed E-state index contributed by atoms with van der Waals surface area (Å²) < 4.78 is 15.6. The van der Waals surface area contributed by atoms with Crippen molar-refractivity contribution >= 4 is 11.9 Å². The Labute approximate surface area is 145 Å². The van der Waals surface area contributed by atoms with E-state index in [1.165, 1.54) is 25.2 Å². The molecule has 1 aromatic rings. The second kappa shape index (κ2) is 7.85. The van der Waals surface area contributed by atoms with Crippen LogP contribution in [-0.2, 0) is 14.3 Å². The molecule has 1 aliphatic rings. The van der Waals surface area contributed by atoms with E-state index in [9.17, 15) is 14.7 Å². The molecule has 1 amide bonds. The highest BCUT2D eigenvalue weighted by atomic mass is 16.5. The lowest BCUT2D eigenvalue weighted by atomic mass is 9.88. The minimum Gasteiger partial charge on any atom is -0.493 e. The Morgan fingerprint density at radius 2 is 2.12 bits per heavy atom. The first-order chi connectivity index (χ1) is 12.0. The number of nitrogens with zero attached hydrogens (tertiary/aromatic N) is 2. The lowest BCUT2D eigenvalue weighted by Crippen LogP contribution is -2.41. The third-order valence-electron chi connectivity index (χ3n) is 4.22. The van der Waals surface area contributed by atoms with Gasteiger partial charge in [-0.25, -0.2) is 0 Å². The van der Waals surface area contributed by atoms with E-state index in [4.69, 9.17) is 19.5 Å². The number of carboxylic acid groups (broad SMARTS) is 1. The molecule has 1 saturated heterocycles. The van der Waals surface area contributed by atoms with Gasteiger partial charge < -0.3 is 24.2 Å². The van der Waals surface area contributed by atoms with Crippen LogP contribution >= 0.6 is 0 Å². The molecule has 1 aliphatic heterocycles. The molecule has 1 atom stereocenters. The predicted octanol–water partition coefficient (Wildman–Crippen LogP) is 0.895. The van der Waals surface area contributed by atoms with Crippen molar-refractivity contribution in [2.45, 2.75) is 6.42 Å². The number of carbonyl (C=O) groups excluding carboxylic acids is 1. The number of hydrogen-bond donors (Lipinski definition) is 1. The highest BCUT2D eigenvalue weighted by Crippen LogP contribution is 2.32. The van der Waals surface area contributed by atoms with Gasteiger partial charge in [-0.05, 0) is 18.6 Å².